The van der Waals surface area contributed by atoms with E-state index in [1.165, 1.54) is 19.3 Å². The van der Waals surface area contributed by atoms with Crippen LogP contribution in [0.15, 0.2) is 30.5 Å². The summed E-state index contributed by atoms with van der Waals surface area (Å²) in [5.41, 5.74) is 2.92. The van der Waals surface area contributed by atoms with Gasteiger partial charge in [-0.3, -0.25) is 19.2 Å². The summed E-state index contributed by atoms with van der Waals surface area (Å²) in [7, 11) is 1.93. The van der Waals surface area contributed by atoms with Crippen molar-refractivity contribution < 1.29 is 9.59 Å². The zero-order chi connectivity index (χ0) is 22.7. The van der Waals surface area contributed by atoms with Crippen LogP contribution in [-0.2, 0) is 11.3 Å². The van der Waals surface area contributed by atoms with E-state index in [2.05, 4.69) is 21.4 Å². The molecule has 1 aromatic heterocycles. The second-order valence-corrected chi connectivity index (χ2v) is 8.79. The fourth-order valence-corrected chi connectivity index (χ4v) is 4.66. The Morgan fingerprint density at radius 1 is 1.09 bits per heavy atom. The molecule has 2 amide bonds. The van der Waals surface area contributed by atoms with Crippen molar-refractivity contribution in [2.24, 2.45) is 0 Å². The van der Waals surface area contributed by atoms with Crippen LogP contribution >= 0.6 is 0 Å². The van der Waals surface area contributed by atoms with Crippen molar-refractivity contribution in [1.82, 2.24) is 19.6 Å². The van der Waals surface area contributed by atoms with Crippen LogP contribution in [0.3, 0.4) is 0 Å². The number of nitrogens with zero attached hydrogens (tertiary/aromatic N) is 5. The van der Waals surface area contributed by atoms with Gasteiger partial charge in [0.15, 0.2) is 5.82 Å². The molecule has 1 atom stereocenters. The Morgan fingerprint density at radius 2 is 1.88 bits per heavy atom. The van der Waals surface area contributed by atoms with Gasteiger partial charge >= 0.3 is 0 Å². The van der Waals surface area contributed by atoms with Crippen LogP contribution in [0.5, 0.6) is 0 Å². The lowest BCUT2D eigenvalue weighted by Crippen LogP contribution is -2.57. The minimum absolute atomic E-state index is 0.00233. The van der Waals surface area contributed by atoms with E-state index >= 15 is 0 Å². The van der Waals surface area contributed by atoms with Crippen molar-refractivity contribution in [2.75, 3.05) is 50.0 Å². The predicted octanol–water partition coefficient (Wildman–Crippen LogP) is 2.60. The lowest BCUT2D eigenvalue weighted by atomic mass is 10.0. The number of hydrogen-bond acceptors (Lipinski definition) is 5. The average molecular weight is 439 g/mol. The number of aryl methyl sites for hydroxylation is 1. The zero-order valence-corrected chi connectivity index (χ0v) is 19.4. The third-order valence-electron chi connectivity index (χ3n) is 6.69. The van der Waals surface area contributed by atoms with Crippen LogP contribution in [0.2, 0.25) is 0 Å². The zero-order valence-electron chi connectivity index (χ0n) is 19.4. The lowest BCUT2D eigenvalue weighted by Gasteiger charge is -2.38. The van der Waals surface area contributed by atoms with Crippen LogP contribution in [0.25, 0.3) is 0 Å². The second-order valence-electron chi connectivity index (χ2n) is 8.79. The van der Waals surface area contributed by atoms with E-state index in [4.69, 9.17) is 0 Å². The Bertz CT molecular complexity index is 965. The molecule has 8 heteroatoms. The van der Waals surface area contributed by atoms with E-state index in [1.54, 1.807) is 10.7 Å². The van der Waals surface area contributed by atoms with Crippen LogP contribution in [0.1, 0.15) is 42.1 Å². The first-order valence-electron chi connectivity index (χ1n) is 11.7. The monoisotopic (exact) mass is 438 g/mol. The topological polar surface area (TPSA) is 73.7 Å². The van der Waals surface area contributed by atoms with Gasteiger partial charge in [-0.15, -0.1) is 0 Å². The maximum absolute atomic E-state index is 13.5. The molecule has 4 rings (SSSR count). The van der Waals surface area contributed by atoms with Gasteiger partial charge in [0.05, 0.1) is 0 Å². The van der Waals surface area contributed by atoms with E-state index in [1.807, 2.05) is 49.0 Å². The van der Waals surface area contributed by atoms with Crippen LogP contribution in [0.4, 0.5) is 11.5 Å². The second kappa shape index (κ2) is 9.73. The molecule has 2 aliphatic heterocycles. The summed E-state index contributed by atoms with van der Waals surface area (Å²) in [6.07, 6.45) is 5.51. The quantitative estimate of drug-likeness (QED) is 0.777. The summed E-state index contributed by atoms with van der Waals surface area (Å²) in [5, 5.41) is 7.24. The summed E-state index contributed by atoms with van der Waals surface area (Å²) in [6, 6.07) is 7.39. The maximum Gasteiger partial charge on any atom is 0.254 e. The molecule has 0 bridgehead atoms. The molecule has 0 radical (unpaired) electrons. The number of anilines is 2. The minimum atomic E-state index is -0.412. The first kappa shape index (κ1) is 22.3. The Labute approximate surface area is 190 Å². The van der Waals surface area contributed by atoms with Gasteiger partial charge in [-0.1, -0.05) is 6.07 Å². The smallest absolute Gasteiger partial charge is 0.254 e. The average Bonchev–Trinajstić information content (AvgIpc) is 3.27. The standard InChI is InChI=1S/C24H34N6O2/c1-4-30-14-11-22(26-30)25-23(31)21-17-29(16-15-27(21)3)24(32)19-9-8-10-20(18(19)2)28-12-6-5-7-13-28/h8-11,14,21H,4-7,12-13,15-17H2,1-3H3,(H,25,26,31). The highest BCUT2D eigenvalue weighted by molar-refractivity contribution is 5.99. The van der Waals surface area contributed by atoms with Crippen molar-refractivity contribution in [3.8, 4) is 0 Å². The number of carbonyl (C=O) groups is 2. The number of likely N-dealkylation sites (N-methyl/N-ethyl adjacent to an activating group) is 1. The van der Waals surface area contributed by atoms with Crippen molar-refractivity contribution in [3.63, 3.8) is 0 Å². The number of hydrogen-bond donors (Lipinski definition) is 1. The molecule has 2 aliphatic rings. The Kier molecular flexibility index (Phi) is 6.79. The maximum atomic E-state index is 13.5. The number of amides is 2. The molecule has 32 heavy (non-hydrogen) atoms. The van der Waals surface area contributed by atoms with Crippen molar-refractivity contribution >= 4 is 23.3 Å². The minimum Gasteiger partial charge on any atom is -0.371 e. The van der Waals surface area contributed by atoms with Gasteiger partial charge in [0.2, 0.25) is 5.91 Å². The molecule has 8 nitrogen and oxygen atoms in total. The first-order chi connectivity index (χ1) is 15.5. The fraction of sp³-hybridized carbons (Fsp3) is 0.542. The van der Waals surface area contributed by atoms with Gasteiger partial charge in [0.1, 0.15) is 6.04 Å². The molecule has 1 N–H and O–H groups in total. The van der Waals surface area contributed by atoms with E-state index in [0.717, 1.165) is 36.4 Å². The SMILES string of the molecule is CCn1ccc(NC(=O)C2CN(C(=O)c3cccc(N4CCCCC4)c3C)CCN2C)n1. The highest BCUT2D eigenvalue weighted by Crippen LogP contribution is 2.27. The molecular formula is C24H34N6O2. The molecule has 2 saturated heterocycles. The molecule has 0 aliphatic carbocycles. The summed E-state index contributed by atoms with van der Waals surface area (Å²) in [4.78, 5) is 32.7. The third-order valence-corrected chi connectivity index (χ3v) is 6.69. The van der Waals surface area contributed by atoms with Gasteiger partial charge in [0.25, 0.3) is 5.91 Å². The fourth-order valence-electron chi connectivity index (χ4n) is 4.66. The van der Waals surface area contributed by atoms with Gasteiger partial charge in [-0.05, 0) is 57.9 Å². The summed E-state index contributed by atoms with van der Waals surface area (Å²) >= 11 is 0. The highest BCUT2D eigenvalue weighted by Gasteiger charge is 2.33. The van der Waals surface area contributed by atoms with E-state index < -0.39 is 6.04 Å². The number of nitrogens with one attached hydrogen (secondary N) is 1. The molecule has 0 saturated carbocycles. The van der Waals surface area contributed by atoms with E-state index in [-0.39, 0.29) is 11.8 Å². The summed E-state index contributed by atoms with van der Waals surface area (Å²) in [5.74, 6) is 0.409. The van der Waals surface area contributed by atoms with Crippen LogP contribution in [0, 0.1) is 6.92 Å². The molecule has 2 aromatic rings. The van der Waals surface area contributed by atoms with Crippen LogP contribution in [-0.4, -0.2) is 77.2 Å². The lowest BCUT2D eigenvalue weighted by molar-refractivity contribution is -0.122. The number of aromatic nitrogens is 2. The van der Waals surface area contributed by atoms with Gasteiger partial charge in [0, 0.05) is 62.8 Å². The molecule has 172 valence electrons. The van der Waals surface area contributed by atoms with Crippen molar-refractivity contribution in [2.45, 2.75) is 45.7 Å². The van der Waals surface area contributed by atoms with Crippen molar-refractivity contribution in [1.29, 1.82) is 0 Å². The Balaban J connectivity index is 1.47. The molecule has 2 fully saturated rings. The number of rotatable bonds is 5. The van der Waals surface area contributed by atoms with E-state index in [0.29, 0.717) is 25.5 Å². The molecule has 1 unspecified atom stereocenters. The number of piperazine rings is 1. The molecule has 3 heterocycles. The van der Waals surface area contributed by atoms with E-state index in [9.17, 15) is 9.59 Å². The molecule has 0 spiro atoms. The molecule has 1 aromatic carbocycles. The molecular weight excluding hydrogens is 404 g/mol. The summed E-state index contributed by atoms with van der Waals surface area (Å²) in [6.45, 7) is 8.50. The predicted molar refractivity (Wildman–Crippen MR) is 126 cm³/mol. The highest BCUT2D eigenvalue weighted by atomic mass is 16.2. The number of piperidine rings is 1. The van der Waals surface area contributed by atoms with Gasteiger partial charge in [-0.2, -0.15) is 5.10 Å². The third kappa shape index (κ3) is 4.65. The Hall–Kier alpha value is -2.87. The Morgan fingerprint density at radius 3 is 2.59 bits per heavy atom. The first-order valence-corrected chi connectivity index (χ1v) is 11.7. The summed E-state index contributed by atoms with van der Waals surface area (Å²) < 4.78 is 1.77. The van der Waals surface area contributed by atoms with Crippen LogP contribution < -0.4 is 10.2 Å². The van der Waals surface area contributed by atoms with Crippen molar-refractivity contribution in [3.05, 3.63) is 41.6 Å². The normalized spacial score (nSPS) is 19.8. The van der Waals surface area contributed by atoms with Gasteiger partial charge < -0.3 is 15.1 Å². The van der Waals surface area contributed by atoms with Gasteiger partial charge in [-0.25, -0.2) is 0 Å². The number of carbonyl (C=O) groups excluding carboxylic acids is 2. The largest absolute Gasteiger partial charge is 0.371 e. The number of benzene rings is 1.